The summed E-state index contributed by atoms with van der Waals surface area (Å²) in [5.74, 6) is 3.99. The summed E-state index contributed by atoms with van der Waals surface area (Å²) in [6, 6.07) is 9.06. The van der Waals surface area contributed by atoms with E-state index in [2.05, 4.69) is 29.6 Å². The van der Waals surface area contributed by atoms with Crippen molar-refractivity contribution in [3.8, 4) is 0 Å². The Hall–Kier alpha value is -0.820. The Bertz CT molecular complexity index is 449. The Morgan fingerprint density at radius 3 is 2.63 bits per heavy atom. The Morgan fingerprint density at radius 1 is 1.00 bits per heavy atom. The first-order chi connectivity index (χ1) is 9.40. The smallest absolute Gasteiger partial charge is 0.0208 e. The molecule has 3 unspecified atom stereocenters. The molecule has 102 valence electrons. The molecule has 0 amide bonds. The van der Waals surface area contributed by atoms with Crippen LogP contribution in [0.15, 0.2) is 24.3 Å². The van der Waals surface area contributed by atoms with Gasteiger partial charge in [0.25, 0.3) is 0 Å². The number of rotatable bonds is 5. The van der Waals surface area contributed by atoms with Gasteiger partial charge in [-0.05, 0) is 73.4 Å². The molecule has 0 aromatic heterocycles. The summed E-state index contributed by atoms with van der Waals surface area (Å²) < 4.78 is 0. The van der Waals surface area contributed by atoms with Crippen molar-refractivity contribution in [1.29, 1.82) is 0 Å². The third-order valence-corrected chi connectivity index (χ3v) is 5.68. The summed E-state index contributed by atoms with van der Waals surface area (Å²) in [6.07, 6.45) is 8.88. The highest BCUT2D eigenvalue weighted by Gasteiger charge is 2.38. The molecule has 4 rings (SSSR count). The molecule has 2 bridgehead atoms. The van der Waals surface area contributed by atoms with Gasteiger partial charge in [0.2, 0.25) is 0 Å². The van der Waals surface area contributed by atoms with E-state index in [1.165, 1.54) is 45.1 Å². The summed E-state index contributed by atoms with van der Waals surface area (Å²) >= 11 is 0. The lowest BCUT2D eigenvalue weighted by atomic mass is 9.89. The molecule has 3 atom stereocenters. The van der Waals surface area contributed by atoms with E-state index in [4.69, 9.17) is 0 Å². The van der Waals surface area contributed by atoms with Gasteiger partial charge in [-0.3, -0.25) is 0 Å². The average molecular weight is 255 g/mol. The van der Waals surface area contributed by atoms with Crippen LogP contribution in [0.1, 0.15) is 55.6 Å². The molecular weight excluding hydrogens is 230 g/mol. The average Bonchev–Trinajstić information content (AvgIpc) is 3.08. The van der Waals surface area contributed by atoms with Crippen molar-refractivity contribution in [3.05, 3.63) is 35.4 Å². The van der Waals surface area contributed by atoms with Crippen molar-refractivity contribution in [2.24, 2.45) is 17.8 Å². The molecule has 1 N–H and O–H groups in total. The zero-order valence-corrected chi connectivity index (χ0v) is 11.8. The van der Waals surface area contributed by atoms with Crippen LogP contribution in [0.5, 0.6) is 0 Å². The molecular formula is C18H25N. The fraction of sp³-hybridized carbons (Fsp3) is 0.667. The minimum Gasteiger partial charge on any atom is -0.312 e. The summed E-state index contributed by atoms with van der Waals surface area (Å²) in [5, 5.41) is 3.75. The van der Waals surface area contributed by atoms with E-state index in [0.29, 0.717) is 0 Å². The van der Waals surface area contributed by atoms with Gasteiger partial charge in [0.1, 0.15) is 0 Å². The van der Waals surface area contributed by atoms with Crippen LogP contribution in [0.4, 0.5) is 0 Å². The van der Waals surface area contributed by atoms with Gasteiger partial charge < -0.3 is 5.32 Å². The maximum atomic E-state index is 3.75. The fourth-order valence-electron chi connectivity index (χ4n) is 4.51. The minimum absolute atomic E-state index is 0.875. The summed E-state index contributed by atoms with van der Waals surface area (Å²) in [4.78, 5) is 0. The molecule has 3 aliphatic carbocycles. The number of benzene rings is 1. The molecule has 3 saturated carbocycles. The third-order valence-electron chi connectivity index (χ3n) is 5.68. The van der Waals surface area contributed by atoms with Gasteiger partial charge >= 0.3 is 0 Å². The van der Waals surface area contributed by atoms with Gasteiger partial charge in [-0.2, -0.15) is 0 Å². The maximum Gasteiger partial charge on any atom is 0.0208 e. The molecule has 1 aromatic carbocycles. The first-order valence-electron chi connectivity index (χ1n) is 8.18. The summed E-state index contributed by atoms with van der Waals surface area (Å²) in [6.45, 7) is 2.33. The van der Waals surface area contributed by atoms with Gasteiger partial charge in [0.15, 0.2) is 0 Å². The summed E-state index contributed by atoms with van der Waals surface area (Å²) in [5.41, 5.74) is 3.16. The molecule has 1 heteroatoms. The number of hydrogen-bond donors (Lipinski definition) is 1. The van der Waals surface area contributed by atoms with E-state index in [1.54, 1.807) is 11.1 Å². The second-order valence-corrected chi connectivity index (χ2v) is 7.04. The van der Waals surface area contributed by atoms with Gasteiger partial charge in [-0.25, -0.2) is 0 Å². The monoisotopic (exact) mass is 255 g/mol. The van der Waals surface area contributed by atoms with Crippen LogP contribution in [0.2, 0.25) is 0 Å². The molecule has 0 aliphatic heterocycles. The number of hydrogen-bond acceptors (Lipinski definition) is 1. The van der Waals surface area contributed by atoms with Crippen LogP contribution >= 0.6 is 0 Å². The second kappa shape index (κ2) is 4.94. The molecule has 3 aliphatic rings. The normalized spacial score (nSPS) is 32.9. The molecule has 0 saturated heterocycles. The third kappa shape index (κ3) is 2.45. The van der Waals surface area contributed by atoms with Crippen molar-refractivity contribution in [2.75, 3.05) is 6.54 Å². The molecule has 19 heavy (non-hydrogen) atoms. The van der Waals surface area contributed by atoms with E-state index in [9.17, 15) is 0 Å². The topological polar surface area (TPSA) is 12.0 Å². The van der Waals surface area contributed by atoms with Gasteiger partial charge in [-0.15, -0.1) is 0 Å². The zero-order valence-electron chi connectivity index (χ0n) is 11.8. The van der Waals surface area contributed by atoms with E-state index < -0.39 is 0 Å². The van der Waals surface area contributed by atoms with Crippen molar-refractivity contribution in [2.45, 2.75) is 51.0 Å². The van der Waals surface area contributed by atoms with Crippen molar-refractivity contribution in [1.82, 2.24) is 5.32 Å². The highest BCUT2D eigenvalue weighted by Crippen LogP contribution is 2.48. The SMILES string of the molecule is c1ccc(C2CC2)c(CNCC2CC3CCC2C3)c1. The zero-order chi connectivity index (χ0) is 12.7. The van der Waals surface area contributed by atoms with Gasteiger partial charge in [-0.1, -0.05) is 30.7 Å². The highest BCUT2D eigenvalue weighted by atomic mass is 14.9. The van der Waals surface area contributed by atoms with Gasteiger partial charge in [0.05, 0.1) is 0 Å². The standard InChI is InChI=1S/C18H25N/c1-2-4-18(14-7-8-14)16(3-1)11-19-12-17-10-13-5-6-15(17)9-13/h1-4,13-15,17,19H,5-12H2. The molecule has 0 spiro atoms. The minimum atomic E-state index is 0.875. The fourth-order valence-corrected chi connectivity index (χ4v) is 4.51. The van der Waals surface area contributed by atoms with Crippen molar-refractivity contribution >= 4 is 0 Å². The van der Waals surface area contributed by atoms with Crippen LogP contribution < -0.4 is 5.32 Å². The van der Waals surface area contributed by atoms with Crippen molar-refractivity contribution < 1.29 is 0 Å². The molecule has 0 radical (unpaired) electrons. The molecule has 1 nitrogen and oxygen atoms in total. The van der Waals surface area contributed by atoms with Gasteiger partial charge in [0, 0.05) is 6.54 Å². The molecule has 3 fully saturated rings. The van der Waals surface area contributed by atoms with Crippen LogP contribution in [0, 0.1) is 17.8 Å². The van der Waals surface area contributed by atoms with E-state index in [-0.39, 0.29) is 0 Å². The Morgan fingerprint density at radius 2 is 1.89 bits per heavy atom. The van der Waals surface area contributed by atoms with Crippen molar-refractivity contribution in [3.63, 3.8) is 0 Å². The first kappa shape index (κ1) is 12.0. The Kier molecular flexibility index (Phi) is 3.11. The number of nitrogens with one attached hydrogen (secondary N) is 1. The molecule has 0 heterocycles. The van der Waals surface area contributed by atoms with Crippen LogP contribution in [0.3, 0.4) is 0 Å². The quantitative estimate of drug-likeness (QED) is 0.835. The summed E-state index contributed by atoms with van der Waals surface area (Å²) in [7, 11) is 0. The molecule has 1 aromatic rings. The largest absolute Gasteiger partial charge is 0.312 e. The van der Waals surface area contributed by atoms with E-state index >= 15 is 0 Å². The van der Waals surface area contributed by atoms with E-state index in [1.807, 2.05) is 0 Å². The predicted octanol–water partition coefficient (Wildman–Crippen LogP) is 4.09. The second-order valence-electron chi connectivity index (χ2n) is 7.04. The predicted molar refractivity (Wildman–Crippen MR) is 79.1 cm³/mol. The number of fused-ring (bicyclic) bond motifs is 2. The van der Waals surface area contributed by atoms with Crippen LogP contribution in [0.25, 0.3) is 0 Å². The Labute approximate surface area is 116 Å². The maximum absolute atomic E-state index is 3.75. The van der Waals surface area contributed by atoms with Crippen LogP contribution in [-0.4, -0.2) is 6.54 Å². The first-order valence-corrected chi connectivity index (χ1v) is 8.18. The Balaban J connectivity index is 1.33. The van der Waals surface area contributed by atoms with E-state index in [0.717, 1.165) is 30.2 Å². The highest BCUT2D eigenvalue weighted by molar-refractivity contribution is 5.33. The lowest BCUT2D eigenvalue weighted by molar-refractivity contribution is 0.318. The van der Waals surface area contributed by atoms with Crippen LogP contribution in [-0.2, 0) is 6.54 Å². The lowest BCUT2D eigenvalue weighted by Gasteiger charge is -2.22. The lowest BCUT2D eigenvalue weighted by Crippen LogP contribution is -2.26.